The van der Waals surface area contributed by atoms with Crippen LogP contribution in [0.5, 0.6) is 0 Å². The van der Waals surface area contributed by atoms with E-state index >= 15 is 0 Å². The molecule has 1 aromatic rings. The smallest absolute Gasteiger partial charge is 0.303 e. The van der Waals surface area contributed by atoms with Crippen molar-refractivity contribution >= 4 is 23.5 Å². The first-order valence-corrected chi connectivity index (χ1v) is 7.64. The van der Waals surface area contributed by atoms with Gasteiger partial charge in [-0.05, 0) is 43.5 Å². The Balaban J connectivity index is 2.15. The summed E-state index contributed by atoms with van der Waals surface area (Å²) in [6, 6.07) is 5.23. The Morgan fingerprint density at radius 1 is 1.14 bits per heavy atom. The molecule has 2 N–H and O–H groups in total. The highest BCUT2D eigenvalue weighted by atomic mass is 35.5. The standard InChI is InChI=1S/C16H22ClNO3/c1-12-11-13(17)8-9-14(12)16(21)18-10-6-4-2-3-5-7-15(19)20/h8-9,11H,2-7,10H2,1H3,(H,18,21)(H,19,20). The number of carbonyl (C=O) groups is 2. The van der Waals surface area contributed by atoms with Gasteiger partial charge in [0.05, 0.1) is 0 Å². The summed E-state index contributed by atoms with van der Waals surface area (Å²) in [4.78, 5) is 22.3. The third kappa shape index (κ3) is 7.14. The van der Waals surface area contributed by atoms with E-state index in [1.54, 1.807) is 18.2 Å². The van der Waals surface area contributed by atoms with Crippen LogP contribution in [-0.2, 0) is 4.79 Å². The summed E-state index contributed by atoms with van der Waals surface area (Å²) in [5, 5.41) is 12.0. The lowest BCUT2D eigenvalue weighted by molar-refractivity contribution is -0.137. The van der Waals surface area contributed by atoms with Crippen molar-refractivity contribution in [3.8, 4) is 0 Å². The van der Waals surface area contributed by atoms with E-state index in [9.17, 15) is 9.59 Å². The molecule has 0 unspecified atom stereocenters. The van der Waals surface area contributed by atoms with Crippen molar-refractivity contribution in [1.29, 1.82) is 0 Å². The van der Waals surface area contributed by atoms with Gasteiger partial charge in [0.1, 0.15) is 0 Å². The fourth-order valence-corrected chi connectivity index (χ4v) is 2.34. The number of benzene rings is 1. The van der Waals surface area contributed by atoms with Gasteiger partial charge >= 0.3 is 5.97 Å². The van der Waals surface area contributed by atoms with Crippen LogP contribution in [0.4, 0.5) is 0 Å². The molecule has 0 aliphatic rings. The van der Waals surface area contributed by atoms with Crippen LogP contribution in [0.3, 0.4) is 0 Å². The van der Waals surface area contributed by atoms with Crippen molar-refractivity contribution < 1.29 is 14.7 Å². The lowest BCUT2D eigenvalue weighted by Gasteiger charge is -2.08. The molecule has 0 spiro atoms. The summed E-state index contributed by atoms with van der Waals surface area (Å²) >= 11 is 5.86. The fourth-order valence-electron chi connectivity index (χ4n) is 2.11. The highest BCUT2D eigenvalue weighted by molar-refractivity contribution is 6.30. The first-order valence-electron chi connectivity index (χ1n) is 7.27. The van der Waals surface area contributed by atoms with Crippen LogP contribution in [0.25, 0.3) is 0 Å². The largest absolute Gasteiger partial charge is 0.481 e. The lowest BCUT2D eigenvalue weighted by atomic mass is 10.1. The van der Waals surface area contributed by atoms with Crippen molar-refractivity contribution in [2.24, 2.45) is 0 Å². The van der Waals surface area contributed by atoms with Gasteiger partial charge in [0.15, 0.2) is 0 Å². The zero-order valence-electron chi connectivity index (χ0n) is 12.3. The number of aryl methyl sites for hydroxylation is 1. The third-order valence-electron chi connectivity index (χ3n) is 3.29. The van der Waals surface area contributed by atoms with Crippen molar-refractivity contribution in [1.82, 2.24) is 5.32 Å². The maximum absolute atomic E-state index is 12.0. The molecule has 5 heteroatoms. The second-order valence-electron chi connectivity index (χ2n) is 5.13. The molecule has 0 heterocycles. The number of carboxylic acids is 1. The Morgan fingerprint density at radius 3 is 2.48 bits per heavy atom. The van der Waals surface area contributed by atoms with Crippen molar-refractivity contribution in [2.75, 3.05) is 6.54 Å². The van der Waals surface area contributed by atoms with Crippen molar-refractivity contribution in [2.45, 2.75) is 45.4 Å². The molecule has 0 aliphatic heterocycles. The fraction of sp³-hybridized carbons (Fsp3) is 0.500. The van der Waals surface area contributed by atoms with E-state index in [1.165, 1.54) is 0 Å². The van der Waals surface area contributed by atoms with Crippen LogP contribution in [0.2, 0.25) is 5.02 Å². The van der Waals surface area contributed by atoms with Crippen LogP contribution < -0.4 is 5.32 Å². The molecular weight excluding hydrogens is 290 g/mol. The van der Waals surface area contributed by atoms with Gasteiger partial charge in [-0.1, -0.05) is 30.9 Å². The topological polar surface area (TPSA) is 66.4 Å². The van der Waals surface area contributed by atoms with E-state index in [2.05, 4.69) is 5.32 Å². The molecule has 21 heavy (non-hydrogen) atoms. The average Bonchev–Trinajstić information content (AvgIpc) is 2.41. The van der Waals surface area contributed by atoms with Gasteiger partial charge in [-0.3, -0.25) is 9.59 Å². The molecule has 1 rings (SSSR count). The number of aliphatic carboxylic acids is 1. The summed E-state index contributed by atoms with van der Waals surface area (Å²) < 4.78 is 0. The van der Waals surface area contributed by atoms with Crippen LogP contribution in [0.15, 0.2) is 18.2 Å². The number of amides is 1. The number of halogens is 1. The van der Waals surface area contributed by atoms with E-state index in [0.717, 1.165) is 37.7 Å². The van der Waals surface area contributed by atoms with Gasteiger partial charge in [-0.15, -0.1) is 0 Å². The van der Waals surface area contributed by atoms with Crippen LogP contribution in [-0.4, -0.2) is 23.5 Å². The van der Waals surface area contributed by atoms with Crippen LogP contribution in [0, 0.1) is 6.92 Å². The number of rotatable bonds is 9. The molecule has 0 atom stereocenters. The molecule has 116 valence electrons. The number of unbranched alkanes of at least 4 members (excludes halogenated alkanes) is 4. The minimum atomic E-state index is -0.736. The second kappa shape index (κ2) is 9.40. The van der Waals surface area contributed by atoms with E-state index in [-0.39, 0.29) is 12.3 Å². The average molecular weight is 312 g/mol. The molecular formula is C16H22ClNO3. The molecule has 0 aliphatic carbocycles. The Morgan fingerprint density at radius 2 is 1.81 bits per heavy atom. The summed E-state index contributed by atoms with van der Waals surface area (Å²) in [5.74, 6) is -0.810. The Hall–Kier alpha value is -1.55. The summed E-state index contributed by atoms with van der Waals surface area (Å²) in [7, 11) is 0. The Bertz CT molecular complexity index is 488. The zero-order chi connectivity index (χ0) is 15.7. The number of nitrogens with one attached hydrogen (secondary N) is 1. The molecule has 0 aromatic heterocycles. The molecule has 0 saturated carbocycles. The van der Waals surface area contributed by atoms with Gasteiger partial charge in [0.25, 0.3) is 5.91 Å². The van der Waals surface area contributed by atoms with E-state index < -0.39 is 5.97 Å². The quantitative estimate of drug-likeness (QED) is 0.682. The van der Waals surface area contributed by atoms with Gasteiger partial charge in [0, 0.05) is 23.6 Å². The Labute approximate surface area is 130 Å². The van der Waals surface area contributed by atoms with Gasteiger partial charge in [0.2, 0.25) is 0 Å². The predicted octanol–water partition coefficient (Wildman–Crippen LogP) is 3.80. The molecule has 0 fully saturated rings. The summed E-state index contributed by atoms with van der Waals surface area (Å²) in [6.07, 6.45) is 4.81. The number of carbonyl (C=O) groups excluding carboxylic acids is 1. The molecule has 0 saturated heterocycles. The third-order valence-corrected chi connectivity index (χ3v) is 3.52. The highest BCUT2D eigenvalue weighted by Gasteiger charge is 2.08. The maximum atomic E-state index is 12.0. The summed E-state index contributed by atoms with van der Waals surface area (Å²) in [5.41, 5.74) is 1.52. The number of hydrogen-bond acceptors (Lipinski definition) is 2. The minimum absolute atomic E-state index is 0.0740. The predicted molar refractivity (Wildman–Crippen MR) is 83.9 cm³/mol. The minimum Gasteiger partial charge on any atom is -0.481 e. The van der Waals surface area contributed by atoms with Crippen molar-refractivity contribution in [3.63, 3.8) is 0 Å². The molecule has 0 bridgehead atoms. The SMILES string of the molecule is Cc1cc(Cl)ccc1C(=O)NCCCCCCCC(=O)O. The number of carboxylic acid groups (broad SMARTS) is 1. The molecule has 4 nitrogen and oxygen atoms in total. The molecule has 1 amide bonds. The van der Waals surface area contributed by atoms with Crippen LogP contribution >= 0.6 is 11.6 Å². The Kier molecular flexibility index (Phi) is 7.83. The first kappa shape index (κ1) is 17.5. The van der Waals surface area contributed by atoms with Crippen molar-refractivity contribution in [3.05, 3.63) is 34.3 Å². The van der Waals surface area contributed by atoms with Crippen LogP contribution in [0.1, 0.15) is 54.4 Å². The monoisotopic (exact) mass is 311 g/mol. The van der Waals surface area contributed by atoms with E-state index in [4.69, 9.17) is 16.7 Å². The van der Waals surface area contributed by atoms with Gasteiger partial charge in [-0.2, -0.15) is 0 Å². The molecule has 1 aromatic carbocycles. The van der Waals surface area contributed by atoms with E-state index in [0.29, 0.717) is 17.1 Å². The maximum Gasteiger partial charge on any atom is 0.303 e. The zero-order valence-corrected chi connectivity index (χ0v) is 13.1. The normalized spacial score (nSPS) is 10.4. The second-order valence-corrected chi connectivity index (χ2v) is 5.56. The first-order chi connectivity index (χ1) is 10.0. The molecule has 0 radical (unpaired) electrons. The summed E-state index contributed by atoms with van der Waals surface area (Å²) in [6.45, 7) is 2.50. The van der Waals surface area contributed by atoms with Gasteiger partial charge in [-0.25, -0.2) is 0 Å². The van der Waals surface area contributed by atoms with Gasteiger partial charge < -0.3 is 10.4 Å². The number of hydrogen-bond donors (Lipinski definition) is 2. The van der Waals surface area contributed by atoms with E-state index in [1.807, 2.05) is 6.92 Å². The highest BCUT2D eigenvalue weighted by Crippen LogP contribution is 2.15. The lowest BCUT2D eigenvalue weighted by Crippen LogP contribution is -2.25.